The summed E-state index contributed by atoms with van der Waals surface area (Å²) in [5.41, 5.74) is 2.15. The third-order valence-electron chi connectivity index (χ3n) is 4.64. The molecule has 0 saturated heterocycles. The van der Waals surface area contributed by atoms with Crippen LogP contribution in [0.5, 0.6) is 11.5 Å². The molecule has 1 amide bonds. The fourth-order valence-electron chi connectivity index (χ4n) is 3.07. The van der Waals surface area contributed by atoms with Crippen molar-refractivity contribution < 1.29 is 40.6 Å². The minimum absolute atomic E-state index is 0. The molecule has 2 heterocycles. The Morgan fingerprint density at radius 3 is 2.30 bits per heavy atom. The van der Waals surface area contributed by atoms with Crippen LogP contribution in [0.1, 0.15) is 26.3 Å². The van der Waals surface area contributed by atoms with Crippen LogP contribution in [0.25, 0.3) is 0 Å². The molecule has 0 aliphatic carbocycles. The van der Waals surface area contributed by atoms with Crippen molar-refractivity contribution in [2.45, 2.75) is 13.1 Å². The van der Waals surface area contributed by atoms with Gasteiger partial charge in [-0.25, -0.2) is 0 Å². The van der Waals surface area contributed by atoms with Gasteiger partial charge in [-0.3, -0.25) is 9.59 Å². The van der Waals surface area contributed by atoms with Gasteiger partial charge in [0, 0.05) is 24.2 Å². The highest BCUT2D eigenvalue weighted by atomic mass is 79.9. The molecule has 2 aromatic carbocycles. The van der Waals surface area contributed by atoms with Gasteiger partial charge in [-0.05, 0) is 23.8 Å². The second-order valence-corrected chi connectivity index (χ2v) is 6.71. The van der Waals surface area contributed by atoms with Gasteiger partial charge in [0.25, 0.3) is 5.91 Å². The van der Waals surface area contributed by atoms with Crippen molar-refractivity contribution in [3.63, 3.8) is 0 Å². The number of rotatable bonds is 6. The number of ether oxygens (including phenoxy) is 2. The standard InChI is InChI=1S/C23H20N2O4.BrH/c26-20(19-6-7-21-22(14-19)29-13-12-28-21)16-25-10-8-18(9-11-25)23(27)24-15-17-4-2-1-3-5-17;/h1-11,14H,12-13,15-16H2;1H. The predicted octanol–water partition coefficient (Wildman–Crippen LogP) is -0.438. The van der Waals surface area contributed by atoms with E-state index in [9.17, 15) is 9.59 Å². The van der Waals surface area contributed by atoms with Crippen LogP contribution in [-0.2, 0) is 13.1 Å². The smallest absolute Gasteiger partial charge is 0.252 e. The lowest BCUT2D eigenvalue weighted by Crippen LogP contribution is -3.00. The average Bonchev–Trinajstić information content (AvgIpc) is 2.78. The van der Waals surface area contributed by atoms with E-state index in [1.807, 2.05) is 30.3 Å². The van der Waals surface area contributed by atoms with Gasteiger partial charge in [0.15, 0.2) is 23.9 Å². The topological polar surface area (TPSA) is 68.5 Å². The Morgan fingerprint density at radius 2 is 1.57 bits per heavy atom. The number of nitrogens with one attached hydrogen (secondary N) is 1. The molecule has 0 atom stereocenters. The summed E-state index contributed by atoms with van der Waals surface area (Å²) in [4.78, 5) is 24.9. The van der Waals surface area contributed by atoms with E-state index in [-0.39, 0.29) is 35.2 Å². The summed E-state index contributed by atoms with van der Waals surface area (Å²) >= 11 is 0. The number of amides is 1. The van der Waals surface area contributed by atoms with Crippen LogP contribution in [0.4, 0.5) is 0 Å². The number of hydrogen-bond donors (Lipinski definition) is 1. The molecule has 0 spiro atoms. The molecule has 1 aromatic heterocycles. The molecular formula is C23H21BrN2O4. The lowest BCUT2D eigenvalue weighted by Gasteiger charge is -2.18. The number of hydrogen-bond acceptors (Lipinski definition) is 4. The van der Waals surface area contributed by atoms with Crippen molar-refractivity contribution in [3.8, 4) is 11.5 Å². The van der Waals surface area contributed by atoms with Gasteiger partial charge < -0.3 is 31.8 Å². The summed E-state index contributed by atoms with van der Waals surface area (Å²) in [5, 5.41) is 2.89. The van der Waals surface area contributed by atoms with Crippen LogP contribution in [0.2, 0.25) is 0 Å². The third kappa shape index (κ3) is 5.24. The van der Waals surface area contributed by atoms with Gasteiger partial charge in [0.1, 0.15) is 13.2 Å². The number of pyridine rings is 1. The summed E-state index contributed by atoms with van der Waals surface area (Å²) < 4.78 is 12.8. The highest BCUT2D eigenvalue weighted by Crippen LogP contribution is 2.30. The maximum Gasteiger partial charge on any atom is 0.252 e. The normalized spacial score (nSPS) is 11.9. The summed E-state index contributed by atoms with van der Waals surface area (Å²) in [6, 6.07) is 18.3. The van der Waals surface area contributed by atoms with Gasteiger partial charge in [-0.2, -0.15) is 4.57 Å². The first-order valence-corrected chi connectivity index (χ1v) is 9.43. The van der Waals surface area contributed by atoms with Crippen molar-refractivity contribution in [2.24, 2.45) is 0 Å². The van der Waals surface area contributed by atoms with Crippen molar-refractivity contribution in [2.75, 3.05) is 13.2 Å². The van der Waals surface area contributed by atoms with Crippen LogP contribution in [-0.4, -0.2) is 24.9 Å². The molecule has 0 radical (unpaired) electrons. The van der Waals surface area contributed by atoms with Crippen molar-refractivity contribution in [1.29, 1.82) is 0 Å². The Kier molecular flexibility index (Phi) is 7.19. The first kappa shape index (κ1) is 21.5. The first-order chi connectivity index (χ1) is 14.2. The highest BCUT2D eigenvalue weighted by molar-refractivity contribution is 5.96. The van der Waals surface area contributed by atoms with Gasteiger partial charge in [-0.1, -0.05) is 30.3 Å². The maximum atomic E-state index is 12.6. The number of ketones is 1. The van der Waals surface area contributed by atoms with E-state index in [1.165, 1.54) is 0 Å². The summed E-state index contributed by atoms with van der Waals surface area (Å²) in [7, 11) is 0. The van der Waals surface area contributed by atoms with E-state index in [4.69, 9.17) is 9.47 Å². The number of carbonyl (C=O) groups is 2. The van der Waals surface area contributed by atoms with Crippen LogP contribution in [0, 0.1) is 0 Å². The largest absolute Gasteiger partial charge is 1.00 e. The minimum atomic E-state index is -0.154. The molecule has 0 unspecified atom stereocenters. The number of fused-ring (bicyclic) bond motifs is 1. The number of benzene rings is 2. The van der Waals surface area contributed by atoms with E-state index in [0.29, 0.717) is 42.4 Å². The van der Waals surface area contributed by atoms with Crippen LogP contribution in [0.3, 0.4) is 0 Å². The molecule has 30 heavy (non-hydrogen) atoms. The van der Waals surface area contributed by atoms with Crippen molar-refractivity contribution in [1.82, 2.24) is 5.32 Å². The highest BCUT2D eigenvalue weighted by Gasteiger charge is 2.18. The fraction of sp³-hybridized carbons (Fsp3) is 0.174. The lowest BCUT2D eigenvalue weighted by molar-refractivity contribution is -0.683. The van der Waals surface area contributed by atoms with Crippen molar-refractivity contribution in [3.05, 3.63) is 89.7 Å². The SMILES string of the molecule is O=C(C[n+]1ccc(C(=O)NCc2ccccc2)cc1)c1ccc2c(c1)OCCO2.[Br-]. The Hall–Kier alpha value is -3.19. The van der Waals surface area contributed by atoms with Crippen LogP contribution in [0.15, 0.2) is 73.1 Å². The second-order valence-electron chi connectivity index (χ2n) is 6.71. The Bertz CT molecular complexity index is 1020. The zero-order valence-electron chi connectivity index (χ0n) is 16.2. The Balaban J connectivity index is 0.00000256. The molecule has 1 aliphatic rings. The summed E-state index contributed by atoms with van der Waals surface area (Å²) in [5.74, 6) is 1.05. The molecule has 3 aromatic rings. The third-order valence-corrected chi connectivity index (χ3v) is 4.64. The molecule has 6 nitrogen and oxygen atoms in total. The molecule has 0 saturated carbocycles. The first-order valence-electron chi connectivity index (χ1n) is 9.43. The lowest BCUT2D eigenvalue weighted by atomic mass is 10.1. The average molecular weight is 469 g/mol. The van der Waals surface area contributed by atoms with E-state index in [1.54, 1.807) is 47.3 Å². The van der Waals surface area contributed by atoms with E-state index < -0.39 is 0 Å². The number of nitrogens with zero attached hydrogens (tertiary/aromatic N) is 1. The molecular weight excluding hydrogens is 448 g/mol. The zero-order valence-corrected chi connectivity index (χ0v) is 17.8. The van der Waals surface area contributed by atoms with Crippen molar-refractivity contribution >= 4 is 11.7 Å². The monoisotopic (exact) mass is 468 g/mol. The molecule has 0 fully saturated rings. The maximum absolute atomic E-state index is 12.6. The van der Waals surface area contributed by atoms with E-state index in [2.05, 4.69) is 5.32 Å². The van der Waals surface area contributed by atoms with Crippen LogP contribution < -0.4 is 36.3 Å². The molecule has 0 bridgehead atoms. The van der Waals surface area contributed by atoms with Gasteiger partial charge >= 0.3 is 0 Å². The Morgan fingerprint density at radius 1 is 0.867 bits per heavy atom. The predicted molar refractivity (Wildman–Crippen MR) is 106 cm³/mol. The molecule has 7 heteroatoms. The Labute approximate surface area is 185 Å². The molecule has 1 aliphatic heterocycles. The second kappa shape index (κ2) is 10.0. The fourth-order valence-corrected chi connectivity index (χ4v) is 3.07. The number of aromatic nitrogens is 1. The molecule has 4 rings (SSSR count). The quantitative estimate of drug-likeness (QED) is 0.393. The summed E-state index contributed by atoms with van der Waals surface area (Å²) in [6.45, 7) is 1.64. The number of halogens is 1. The van der Waals surface area contributed by atoms with Gasteiger partial charge in [0.2, 0.25) is 12.3 Å². The zero-order chi connectivity index (χ0) is 20.1. The summed E-state index contributed by atoms with van der Waals surface area (Å²) in [6.07, 6.45) is 3.46. The van der Waals surface area contributed by atoms with E-state index >= 15 is 0 Å². The number of carbonyl (C=O) groups excluding carboxylic acids is 2. The van der Waals surface area contributed by atoms with Gasteiger partial charge in [0.05, 0.1) is 5.56 Å². The number of Topliss-reactive ketones (excluding diaryl/α,β-unsaturated/α-hetero) is 1. The van der Waals surface area contributed by atoms with E-state index in [0.717, 1.165) is 5.56 Å². The molecule has 154 valence electrons. The molecule has 1 N–H and O–H groups in total. The minimum Gasteiger partial charge on any atom is -1.00 e. The van der Waals surface area contributed by atoms with Gasteiger partial charge in [-0.15, -0.1) is 0 Å². The van der Waals surface area contributed by atoms with Crippen LogP contribution >= 0.6 is 0 Å².